The third-order valence-electron chi connectivity index (χ3n) is 7.46. The van der Waals surface area contributed by atoms with E-state index in [4.69, 9.17) is 0 Å². The van der Waals surface area contributed by atoms with E-state index < -0.39 is 12.6 Å². The monoisotopic (exact) mass is 471 g/mol. The Morgan fingerprint density at radius 2 is 1.94 bits per heavy atom. The summed E-state index contributed by atoms with van der Waals surface area (Å²) in [6, 6.07) is 8.15. The molecule has 0 N–H and O–H groups in total. The SMILES string of the molecule is O=C1Cc2ccc(CC3CCC4(C3)CN(c3ncnc5sc(CC(F)(F)F)cc35)C4)cc2C1. The van der Waals surface area contributed by atoms with Gasteiger partial charge in [-0.2, -0.15) is 13.2 Å². The summed E-state index contributed by atoms with van der Waals surface area (Å²) in [6.45, 7) is 1.80. The van der Waals surface area contributed by atoms with Crippen LogP contribution in [0.15, 0.2) is 30.6 Å². The fraction of sp³-hybridized carbons (Fsp3) is 0.480. The highest BCUT2D eigenvalue weighted by Gasteiger charge is 2.48. The Hall–Kier alpha value is -2.48. The first-order valence-corrected chi connectivity index (χ1v) is 12.2. The van der Waals surface area contributed by atoms with Gasteiger partial charge >= 0.3 is 6.18 Å². The summed E-state index contributed by atoms with van der Waals surface area (Å²) >= 11 is 1.11. The number of fused-ring (bicyclic) bond motifs is 2. The van der Waals surface area contributed by atoms with Crippen molar-refractivity contribution in [2.75, 3.05) is 18.0 Å². The maximum absolute atomic E-state index is 12.8. The quantitative estimate of drug-likeness (QED) is 0.517. The lowest BCUT2D eigenvalue weighted by Crippen LogP contribution is -2.55. The van der Waals surface area contributed by atoms with Gasteiger partial charge in [0.25, 0.3) is 0 Å². The van der Waals surface area contributed by atoms with E-state index in [1.54, 1.807) is 6.07 Å². The molecule has 4 nitrogen and oxygen atoms in total. The van der Waals surface area contributed by atoms with Crippen LogP contribution in [0.4, 0.5) is 19.0 Å². The molecule has 1 saturated carbocycles. The van der Waals surface area contributed by atoms with Crippen molar-refractivity contribution in [2.45, 2.75) is 51.1 Å². The largest absolute Gasteiger partial charge is 0.393 e. The molecule has 2 aliphatic carbocycles. The first-order chi connectivity index (χ1) is 15.8. The van der Waals surface area contributed by atoms with E-state index in [2.05, 4.69) is 33.1 Å². The highest BCUT2D eigenvalue weighted by Crippen LogP contribution is 2.51. The maximum atomic E-state index is 12.8. The Balaban J connectivity index is 1.12. The van der Waals surface area contributed by atoms with E-state index in [0.29, 0.717) is 29.4 Å². The van der Waals surface area contributed by atoms with Crippen LogP contribution < -0.4 is 4.90 Å². The molecule has 2 aromatic heterocycles. The van der Waals surface area contributed by atoms with Crippen molar-refractivity contribution in [2.24, 2.45) is 11.3 Å². The summed E-state index contributed by atoms with van der Waals surface area (Å²) in [6.07, 6.45) is 2.06. The van der Waals surface area contributed by atoms with Gasteiger partial charge in [-0.15, -0.1) is 11.3 Å². The van der Waals surface area contributed by atoms with E-state index in [0.717, 1.165) is 48.5 Å². The predicted molar refractivity (Wildman–Crippen MR) is 122 cm³/mol. The Kier molecular flexibility index (Phi) is 4.80. The van der Waals surface area contributed by atoms with Crippen LogP contribution in [0.25, 0.3) is 10.2 Å². The smallest absolute Gasteiger partial charge is 0.355 e. The van der Waals surface area contributed by atoms with Gasteiger partial charge in [0.05, 0.1) is 11.8 Å². The number of nitrogens with zero attached hydrogens (tertiary/aromatic N) is 3. The number of ketones is 1. The molecule has 1 unspecified atom stereocenters. The van der Waals surface area contributed by atoms with E-state index in [-0.39, 0.29) is 10.3 Å². The van der Waals surface area contributed by atoms with Crippen LogP contribution in [0.1, 0.15) is 40.8 Å². The summed E-state index contributed by atoms with van der Waals surface area (Å²) in [5.41, 5.74) is 3.99. The average molecular weight is 472 g/mol. The number of halogens is 3. The fourth-order valence-electron chi connectivity index (χ4n) is 6.10. The molecule has 172 valence electrons. The second-order valence-corrected chi connectivity index (χ2v) is 11.2. The molecule has 1 aromatic carbocycles. The van der Waals surface area contributed by atoms with Gasteiger partial charge in [-0.1, -0.05) is 18.2 Å². The second-order valence-electron chi connectivity index (χ2n) is 10.1. The molecule has 3 aromatic rings. The Labute approximate surface area is 193 Å². The number of carbonyl (C=O) groups is 1. The third-order valence-corrected chi connectivity index (χ3v) is 8.50. The van der Waals surface area contributed by atoms with E-state index in [9.17, 15) is 18.0 Å². The number of carbonyl (C=O) groups excluding carboxylic acids is 1. The number of aromatic nitrogens is 2. The molecule has 0 amide bonds. The predicted octanol–water partition coefficient (Wildman–Crippen LogP) is 5.31. The Morgan fingerprint density at radius 3 is 2.76 bits per heavy atom. The number of thiophene rings is 1. The van der Waals surface area contributed by atoms with Crippen molar-refractivity contribution in [3.63, 3.8) is 0 Å². The highest BCUT2D eigenvalue weighted by atomic mass is 32.1. The minimum atomic E-state index is -4.22. The zero-order valence-electron chi connectivity index (χ0n) is 18.1. The topological polar surface area (TPSA) is 46.1 Å². The van der Waals surface area contributed by atoms with E-state index in [1.807, 2.05) is 0 Å². The van der Waals surface area contributed by atoms with Gasteiger partial charge in [0.2, 0.25) is 0 Å². The zero-order valence-corrected chi connectivity index (χ0v) is 18.9. The fourth-order valence-corrected chi connectivity index (χ4v) is 7.12. The third kappa shape index (κ3) is 4.03. The number of alkyl halides is 3. The van der Waals surface area contributed by atoms with E-state index >= 15 is 0 Å². The average Bonchev–Trinajstić information content (AvgIpc) is 3.40. The van der Waals surface area contributed by atoms with Crippen LogP contribution in [-0.4, -0.2) is 35.0 Å². The molecule has 2 fully saturated rings. The highest BCUT2D eigenvalue weighted by molar-refractivity contribution is 7.18. The normalized spacial score (nSPS) is 21.7. The van der Waals surface area contributed by atoms with Gasteiger partial charge in [-0.3, -0.25) is 4.79 Å². The first-order valence-electron chi connectivity index (χ1n) is 11.4. The Morgan fingerprint density at radius 1 is 1.12 bits per heavy atom. The van der Waals surface area contributed by atoms with Crippen molar-refractivity contribution in [3.05, 3.63) is 52.2 Å². The summed E-state index contributed by atoms with van der Waals surface area (Å²) in [5, 5.41) is 0.735. The van der Waals surface area contributed by atoms with Crippen molar-refractivity contribution in [1.82, 2.24) is 9.97 Å². The van der Waals surface area contributed by atoms with Crippen molar-refractivity contribution < 1.29 is 18.0 Å². The molecular formula is C25H24F3N3OS. The zero-order chi connectivity index (χ0) is 22.8. The van der Waals surface area contributed by atoms with Crippen molar-refractivity contribution >= 4 is 33.2 Å². The van der Waals surface area contributed by atoms with Crippen molar-refractivity contribution in [3.8, 4) is 0 Å². The summed E-state index contributed by atoms with van der Waals surface area (Å²) in [4.78, 5) is 23.5. The number of hydrogen-bond acceptors (Lipinski definition) is 5. The second kappa shape index (κ2) is 7.52. The van der Waals surface area contributed by atoms with Gasteiger partial charge in [-0.25, -0.2) is 9.97 Å². The summed E-state index contributed by atoms with van der Waals surface area (Å²) in [5.74, 6) is 1.71. The number of rotatable bonds is 4. The van der Waals surface area contributed by atoms with Gasteiger partial charge in [0.1, 0.15) is 22.8 Å². The summed E-state index contributed by atoms with van der Waals surface area (Å²) in [7, 11) is 0. The number of Topliss-reactive ketones (excluding diaryl/α,β-unsaturated/α-hetero) is 1. The lowest BCUT2D eigenvalue weighted by molar-refractivity contribution is -0.126. The molecule has 0 radical (unpaired) electrons. The first kappa shape index (κ1) is 21.1. The molecule has 6 rings (SSSR count). The van der Waals surface area contributed by atoms with Gasteiger partial charge < -0.3 is 4.90 Å². The molecule has 0 bridgehead atoms. The van der Waals surface area contributed by atoms with Gasteiger partial charge in [-0.05, 0) is 54.4 Å². The minimum Gasteiger partial charge on any atom is -0.355 e. The molecule has 3 heterocycles. The molecule has 1 atom stereocenters. The molecule has 8 heteroatoms. The Bertz CT molecular complexity index is 1250. The van der Waals surface area contributed by atoms with E-state index in [1.165, 1.54) is 35.9 Å². The van der Waals surface area contributed by atoms with Crippen LogP contribution in [0.3, 0.4) is 0 Å². The number of benzene rings is 1. The van der Waals surface area contributed by atoms with Crippen LogP contribution in [-0.2, 0) is 30.5 Å². The molecule has 3 aliphatic rings. The maximum Gasteiger partial charge on any atom is 0.393 e. The number of anilines is 1. The van der Waals surface area contributed by atoms with Gasteiger partial charge in [0, 0.05) is 36.2 Å². The lowest BCUT2D eigenvalue weighted by atomic mass is 9.77. The molecule has 1 aliphatic heterocycles. The van der Waals surface area contributed by atoms with Crippen LogP contribution in [0, 0.1) is 11.3 Å². The molecule has 1 saturated heterocycles. The molecule has 1 spiro atoms. The van der Waals surface area contributed by atoms with Crippen LogP contribution in [0.5, 0.6) is 0 Å². The molecular weight excluding hydrogens is 447 g/mol. The van der Waals surface area contributed by atoms with Gasteiger partial charge in [0.15, 0.2) is 0 Å². The summed E-state index contributed by atoms with van der Waals surface area (Å²) < 4.78 is 38.5. The minimum absolute atomic E-state index is 0.277. The lowest BCUT2D eigenvalue weighted by Gasteiger charge is -2.49. The molecule has 33 heavy (non-hydrogen) atoms. The van der Waals surface area contributed by atoms with Crippen LogP contribution >= 0.6 is 11.3 Å². The van der Waals surface area contributed by atoms with Crippen molar-refractivity contribution in [1.29, 1.82) is 0 Å². The van der Waals surface area contributed by atoms with Crippen LogP contribution in [0.2, 0.25) is 0 Å². The number of hydrogen-bond donors (Lipinski definition) is 0. The standard InChI is InChI=1S/C25H24F3N3OS/c26-25(27,28)11-20-9-21-22(29-14-30-23(21)33-20)31-12-24(13-31)4-3-16(10-24)5-15-1-2-17-7-19(32)8-18(17)6-15/h1-2,6,9,14,16H,3-5,7-8,10-13H2.